The molecule has 30 heavy (non-hydrogen) atoms. The summed E-state index contributed by atoms with van der Waals surface area (Å²) in [7, 11) is 1.53. The molecule has 1 aliphatic rings. The molecule has 7 nitrogen and oxygen atoms in total. The molecule has 1 aliphatic heterocycles. The van der Waals surface area contributed by atoms with E-state index >= 15 is 0 Å². The summed E-state index contributed by atoms with van der Waals surface area (Å²) in [6.07, 6.45) is 0.781. The average Bonchev–Trinajstić information content (AvgIpc) is 3.14. The van der Waals surface area contributed by atoms with Crippen LogP contribution in [0.5, 0.6) is 5.75 Å². The van der Waals surface area contributed by atoms with Crippen LogP contribution in [0.4, 0.5) is 11.4 Å². The maximum Gasteiger partial charge on any atom is 0.311 e. The number of methoxy groups -OCH3 is 1. The van der Waals surface area contributed by atoms with E-state index in [1.807, 2.05) is 25.1 Å². The van der Waals surface area contributed by atoms with Crippen molar-refractivity contribution in [3.8, 4) is 5.75 Å². The summed E-state index contributed by atoms with van der Waals surface area (Å²) < 4.78 is 11.4. The molecule has 2 amide bonds. The minimum absolute atomic E-state index is 0.0329. The van der Waals surface area contributed by atoms with Gasteiger partial charge in [0.25, 0.3) is 5.91 Å². The number of carbonyl (C=O) groups is 3. The lowest BCUT2D eigenvalue weighted by Crippen LogP contribution is -2.28. The molecule has 1 fully saturated rings. The predicted molar refractivity (Wildman–Crippen MR) is 117 cm³/mol. The average molecular weight is 475 g/mol. The fourth-order valence-electron chi connectivity index (χ4n) is 3.37. The number of esters is 1. The number of nitrogens with zero attached hydrogens (tertiary/aromatic N) is 1. The van der Waals surface area contributed by atoms with Gasteiger partial charge in [-0.15, -0.1) is 0 Å². The zero-order valence-corrected chi connectivity index (χ0v) is 18.4. The first-order valence-electron chi connectivity index (χ1n) is 9.61. The summed E-state index contributed by atoms with van der Waals surface area (Å²) in [5, 5.41) is 2.76. The van der Waals surface area contributed by atoms with Crippen molar-refractivity contribution in [2.45, 2.75) is 19.8 Å². The maximum atomic E-state index is 12.4. The Morgan fingerprint density at radius 2 is 2.00 bits per heavy atom. The molecule has 0 aromatic heterocycles. The van der Waals surface area contributed by atoms with E-state index in [4.69, 9.17) is 9.47 Å². The van der Waals surface area contributed by atoms with Crippen LogP contribution < -0.4 is 15.0 Å². The van der Waals surface area contributed by atoms with Crippen LogP contribution >= 0.6 is 15.9 Å². The lowest BCUT2D eigenvalue weighted by molar-refractivity contribution is -0.151. The minimum Gasteiger partial charge on any atom is -0.495 e. The first kappa shape index (κ1) is 21.8. The molecule has 0 radical (unpaired) electrons. The SMILES string of the molecule is CCc1cc(Br)ccc1NC(=O)COC(=O)[C@@H]1CC(=O)N(c2ccccc2OC)C1. The van der Waals surface area contributed by atoms with Gasteiger partial charge in [-0.2, -0.15) is 0 Å². The highest BCUT2D eigenvalue weighted by Gasteiger charge is 2.37. The second kappa shape index (κ2) is 9.75. The van der Waals surface area contributed by atoms with Gasteiger partial charge < -0.3 is 19.7 Å². The largest absolute Gasteiger partial charge is 0.495 e. The van der Waals surface area contributed by atoms with Crippen molar-refractivity contribution in [3.05, 3.63) is 52.5 Å². The summed E-state index contributed by atoms with van der Waals surface area (Å²) in [4.78, 5) is 38.6. The van der Waals surface area contributed by atoms with Crippen LogP contribution in [0.25, 0.3) is 0 Å². The van der Waals surface area contributed by atoms with Crippen molar-refractivity contribution in [2.24, 2.45) is 5.92 Å². The highest BCUT2D eigenvalue weighted by Crippen LogP contribution is 2.33. The number of amides is 2. The third-order valence-corrected chi connectivity index (χ3v) is 5.40. The van der Waals surface area contributed by atoms with E-state index in [9.17, 15) is 14.4 Å². The van der Waals surface area contributed by atoms with Gasteiger partial charge in [-0.1, -0.05) is 35.0 Å². The lowest BCUT2D eigenvalue weighted by Gasteiger charge is -2.19. The summed E-state index contributed by atoms with van der Waals surface area (Å²) in [5.41, 5.74) is 2.26. The van der Waals surface area contributed by atoms with Gasteiger partial charge in [0.1, 0.15) is 5.75 Å². The first-order valence-corrected chi connectivity index (χ1v) is 10.4. The van der Waals surface area contributed by atoms with Gasteiger partial charge in [0.15, 0.2) is 6.61 Å². The van der Waals surface area contributed by atoms with Crippen molar-refractivity contribution in [1.29, 1.82) is 0 Å². The molecule has 8 heteroatoms. The van der Waals surface area contributed by atoms with Gasteiger partial charge in [-0.05, 0) is 42.3 Å². The number of halogens is 1. The van der Waals surface area contributed by atoms with E-state index in [-0.39, 0.29) is 18.9 Å². The molecule has 1 saturated heterocycles. The summed E-state index contributed by atoms with van der Waals surface area (Å²) in [5.74, 6) is -1.25. The first-order chi connectivity index (χ1) is 14.4. The number of hydrogen-bond donors (Lipinski definition) is 1. The van der Waals surface area contributed by atoms with Crippen LogP contribution in [0.15, 0.2) is 46.9 Å². The predicted octanol–water partition coefficient (Wildman–Crippen LogP) is 3.55. The minimum atomic E-state index is -0.630. The lowest BCUT2D eigenvalue weighted by atomic mass is 10.1. The highest BCUT2D eigenvalue weighted by molar-refractivity contribution is 9.10. The quantitative estimate of drug-likeness (QED) is 0.620. The molecule has 2 aromatic rings. The Bertz CT molecular complexity index is 962. The molecule has 158 valence electrons. The highest BCUT2D eigenvalue weighted by atomic mass is 79.9. The second-order valence-corrected chi connectivity index (χ2v) is 7.80. The summed E-state index contributed by atoms with van der Waals surface area (Å²) in [6.45, 7) is 1.77. The molecular weight excluding hydrogens is 452 g/mol. The van der Waals surface area contributed by atoms with Crippen molar-refractivity contribution in [1.82, 2.24) is 0 Å². The summed E-state index contributed by atoms with van der Waals surface area (Å²) >= 11 is 3.40. The van der Waals surface area contributed by atoms with Crippen molar-refractivity contribution >= 4 is 45.1 Å². The number of para-hydroxylation sites is 2. The molecule has 0 saturated carbocycles. The number of rotatable bonds is 7. The van der Waals surface area contributed by atoms with Gasteiger partial charge in [-0.3, -0.25) is 14.4 Å². The van der Waals surface area contributed by atoms with Crippen LogP contribution in [-0.4, -0.2) is 38.0 Å². The van der Waals surface area contributed by atoms with Crippen molar-refractivity contribution < 1.29 is 23.9 Å². The van der Waals surface area contributed by atoms with Gasteiger partial charge in [0, 0.05) is 23.1 Å². The Morgan fingerprint density at radius 1 is 1.23 bits per heavy atom. The Morgan fingerprint density at radius 3 is 2.73 bits per heavy atom. The van der Waals surface area contributed by atoms with Gasteiger partial charge in [0.2, 0.25) is 5.91 Å². The van der Waals surface area contributed by atoms with Crippen LogP contribution in [0, 0.1) is 5.92 Å². The smallest absolute Gasteiger partial charge is 0.311 e. The molecule has 1 atom stereocenters. The normalized spacial score (nSPS) is 15.8. The molecule has 0 spiro atoms. The zero-order chi connectivity index (χ0) is 21.7. The van der Waals surface area contributed by atoms with E-state index in [1.54, 1.807) is 24.3 Å². The van der Waals surface area contributed by atoms with Gasteiger partial charge in [-0.25, -0.2) is 0 Å². The maximum absolute atomic E-state index is 12.4. The van der Waals surface area contributed by atoms with Crippen LogP contribution in [0.3, 0.4) is 0 Å². The number of ether oxygens (including phenoxy) is 2. The van der Waals surface area contributed by atoms with E-state index in [0.29, 0.717) is 17.1 Å². The van der Waals surface area contributed by atoms with E-state index < -0.39 is 24.4 Å². The molecule has 1 heterocycles. The fraction of sp³-hybridized carbons (Fsp3) is 0.318. The number of carbonyl (C=O) groups excluding carboxylic acids is 3. The Hall–Kier alpha value is -2.87. The fourth-order valence-corrected chi connectivity index (χ4v) is 3.78. The Balaban J connectivity index is 1.57. The van der Waals surface area contributed by atoms with Crippen molar-refractivity contribution in [3.63, 3.8) is 0 Å². The number of anilines is 2. The van der Waals surface area contributed by atoms with Gasteiger partial charge in [0.05, 0.1) is 18.7 Å². The molecule has 3 rings (SSSR count). The zero-order valence-electron chi connectivity index (χ0n) is 16.8. The molecule has 0 bridgehead atoms. The van der Waals surface area contributed by atoms with Crippen molar-refractivity contribution in [2.75, 3.05) is 30.5 Å². The molecule has 0 aliphatic carbocycles. The molecule has 1 N–H and O–H groups in total. The number of hydrogen-bond acceptors (Lipinski definition) is 5. The Kier molecular flexibility index (Phi) is 7.10. The molecule has 0 unspecified atom stereocenters. The Labute approximate surface area is 183 Å². The van der Waals surface area contributed by atoms with Gasteiger partial charge >= 0.3 is 5.97 Å². The number of aryl methyl sites for hydroxylation is 1. The molecular formula is C22H23BrN2O5. The number of benzene rings is 2. The van der Waals surface area contributed by atoms with E-state index in [1.165, 1.54) is 12.0 Å². The monoisotopic (exact) mass is 474 g/mol. The van der Waals surface area contributed by atoms with E-state index in [0.717, 1.165) is 16.5 Å². The standard InChI is InChI=1S/C22H23BrN2O5/c1-3-14-10-16(23)8-9-17(14)24-20(26)13-30-22(28)15-11-21(27)25(12-15)18-6-4-5-7-19(18)29-2/h4-10,15H,3,11-13H2,1-2H3,(H,24,26)/t15-/m1/s1. The van der Waals surface area contributed by atoms with Crippen LogP contribution in [0.1, 0.15) is 18.9 Å². The van der Waals surface area contributed by atoms with E-state index in [2.05, 4.69) is 21.2 Å². The summed E-state index contributed by atoms with van der Waals surface area (Å²) in [6, 6.07) is 12.7. The van der Waals surface area contributed by atoms with Crippen LogP contribution in [0.2, 0.25) is 0 Å². The number of nitrogens with one attached hydrogen (secondary N) is 1. The third kappa shape index (κ3) is 4.99. The third-order valence-electron chi connectivity index (χ3n) is 4.90. The molecule has 2 aromatic carbocycles. The van der Waals surface area contributed by atoms with Crippen LogP contribution in [-0.2, 0) is 25.5 Å². The second-order valence-electron chi connectivity index (χ2n) is 6.89. The topological polar surface area (TPSA) is 84.9 Å².